The number of imide groups is 1. The van der Waals surface area contributed by atoms with Crippen LogP contribution in [0.15, 0.2) is 61.2 Å². The number of ketones is 1. The summed E-state index contributed by atoms with van der Waals surface area (Å²) >= 11 is 0. The number of aromatic amines is 1. The monoisotopic (exact) mass is 908 g/mol. The van der Waals surface area contributed by atoms with Crippen molar-refractivity contribution in [3.63, 3.8) is 0 Å². The Balaban J connectivity index is 0.844. The molecule has 338 valence electrons. The molecule has 65 heavy (non-hydrogen) atoms. The van der Waals surface area contributed by atoms with Crippen LogP contribution >= 0.6 is 0 Å². The van der Waals surface area contributed by atoms with Gasteiger partial charge in [0.1, 0.15) is 17.5 Å². The predicted molar refractivity (Wildman–Crippen MR) is 236 cm³/mol. The molecule has 3 aromatic heterocycles. The third-order valence-electron chi connectivity index (χ3n) is 12.2. The molecule has 1 unspecified atom stereocenters. The van der Waals surface area contributed by atoms with Crippen LogP contribution in [0.1, 0.15) is 65.6 Å². The molecule has 18 nitrogen and oxygen atoms in total. The molecule has 3 amide bonds. The SMILES string of the molecule is CCN(C)S(=O)(=O)Nc1ccc(F)c(C(=O)c2c[nH]c3ncc(-c4cnc(N5CCN(C(=O)CN6CCC(c7ccc(NC8CCC(=O)NC8=O)cc7C#N)CC6)CC5)nc4)cc23)c1F. The second-order valence-corrected chi connectivity index (χ2v) is 18.0. The summed E-state index contributed by atoms with van der Waals surface area (Å²) in [5.41, 5.74) is 1.93. The molecule has 5 aromatic rings. The van der Waals surface area contributed by atoms with Gasteiger partial charge in [-0.05, 0) is 74.2 Å². The van der Waals surface area contributed by atoms with Crippen LogP contribution in [0.5, 0.6) is 0 Å². The van der Waals surface area contributed by atoms with E-state index < -0.39 is 44.9 Å². The van der Waals surface area contributed by atoms with Crippen molar-refractivity contribution in [2.45, 2.75) is 44.6 Å². The summed E-state index contributed by atoms with van der Waals surface area (Å²) in [7, 11) is -2.87. The molecule has 8 rings (SSSR count). The van der Waals surface area contributed by atoms with Crippen LogP contribution in [0.25, 0.3) is 22.2 Å². The first-order chi connectivity index (χ1) is 31.2. The number of benzene rings is 2. The summed E-state index contributed by atoms with van der Waals surface area (Å²) in [4.78, 5) is 73.1. The highest BCUT2D eigenvalue weighted by molar-refractivity contribution is 7.90. The summed E-state index contributed by atoms with van der Waals surface area (Å²) in [5.74, 6) is -3.53. The fourth-order valence-electron chi connectivity index (χ4n) is 8.32. The van der Waals surface area contributed by atoms with Gasteiger partial charge < -0.3 is 20.1 Å². The van der Waals surface area contributed by atoms with E-state index in [9.17, 15) is 32.9 Å². The van der Waals surface area contributed by atoms with Crippen LogP contribution in [0.4, 0.5) is 26.1 Å². The minimum Gasteiger partial charge on any atom is -0.374 e. The maximum absolute atomic E-state index is 15.6. The number of pyridine rings is 1. The van der Waals surface area contributed by atoms with E-state index in [1.54, 1.807) is 37.6 Å². The molecule has 0 spiro atoms. The number of halogens is 2. The van der Waals surface area contributed by atoms with E-state index in [0.717, 1.165) is 34.8 Å². The molecule has 4 N–H and O–H groups in total. The third-order valence-corrected chi connectivity index (χ3v) is 13.8. The summed E-state index contributed by atoms with van der Waals surface area (Å²) in [6, 6.07) is 10.7. The number of likely N-dealkylation sites (tertiary alicyclic amines) is 1. The number of H-pyrrole nitrogens is 1. The van der Waals surface area contributed by atoms with E-state index in [2.05, 4.69) is 46.3 Å². The molecular formula is C44H46F2N12O6S. The molecule has 0 radical (unpaired) electrons. The van der Waals surface area contributed by atoms with Crippen molar-refractivity contribution in [2.24, 2.45) is 0 Å². The van der Waals surface area contributed by atoms with Gasteiger partial charge in [0.05, 0.1) is 29.4 Å². The Hall–Kier alpha value is -6.89. The van der Waals surface area contributed by atoms with Crippen LogP contribution < -0.4 is 20.3 Å². The molecule has 3 saturated heterocycles. The van der Waals surface area contributed by atoms with E-state index >= 15 is 8.78 Å². The molecule has 21 heteroatoms. The Morgan fingerprint density at radius 2 is 1.68 bits per heavy atom. The van der Waals surface area contributed by atoms with Gasteiger partial charge in [-0.2, -0.15) is 18.0 Å². The summed E-state index contributed by atoms with van der Waals surface area (Å²) in [5, 5.41) is 15.7. The zero-order valence-corrected chi connectivity index (χ0v) is 36.4. The second-order valence-electron chi connectivity index (χ2n) is 16.2. The number of carbonyl (C=O) groups excluding carboxylic acids is 4. The van der Waals surface area contributed by atoms with Gasteiger partial charge in [-0.15, -0.1) is 0 Å². The Labute approximate surface area is 373 Å². The Kier molecular flexibility index (Phi) is 12.8. The number of nitriles is 1. The van der Waals surface area contributed by atoms with Crippen molar-refractivity contribution in [1.82, 2.24) is 39.4 Å². The highest BCUT2D eigenvalue weighted by Crippen LogP contribution is 2.33. The van der Waals surface area contributed by atoms with Gasteiger partial charge in [-0.1, -0.05) is 13.0 Å². The zero-order chi connectivity index (χ0) is 46.0. The maximum atomic E-state index is 15.6. The van der Waals surface area contributed by atoms with Crippen LogP contribution in [0.2, 0.25) is 0 Å². The number of carbonyl (C=O) groups is 4. The largest absolute Gasteiger partial charge is 0.374 e. The van der Waals surface area contributed by atoms with E-state index in [0.29, 0.717) is 80.6 Å². The first-order valence-electron chi connectivity index (χ1n) is 21.2. The summed E-state index contributed by atoms with van der Waals surface area (Å²) < 4.78 is 58.7. The molecule has 1 atom stereocenters. The molecule has 0 bridgehead atoms. The minimum absolute atomic E-state index is 0.0362. The zero-order valence-electron chi connectivity index (χ0n) is 35.6. The van der Waals surface area contributed by atoms with Crippen LogP contribution in [0, 0.1) is 23.0 Å². The number of piperazine rings is 1. The maximum Gasteiger partial charge on any atom is 0.301 e. The van der Waals surface area contributed by atoms with Crippen molar-refractivity contribution in [3.05, 3.63) is 95.1 Å². The van der Waals surface area contributed by atoms with Crippen molar-refractivity contribution >= 4 is 62.1 Å². The number of rotatable bonds is 13. The van der Waals surface area contributed by atoms with Crippen molar-refractivity contribution in [1.29, 1.82) is 5.26 Å². The van der Waals surface area contributed by atoms with Crippen molar-refractivity contribution in [3.8, 4) is 17.2 Å². The Morgan fingerprint density at radius 3 is 2.37 bits per heavy atom. The lowest BCUT2D eigenvalue weighted by Crippen LogP contribution is -2.52. The van der Waals surface area contributed by atoms with Gasteiger partial charge in [0, 0.05) is 98.7 Å². The van der Waals surface area contributed by atoms with Crippen molar-refractivity contribution < 1.29 is 36.4 Å². The number of hydrogen-bond donors (Lipinski definition) is 4. The third kappa shape index (κ3) is 9.50. The van der Waals surface area contributed by atoms with Gasteiger partial charge in [-0.25, -0.2) is 23.7 Å². The summed E-state index contributed by atoms with van der Waals surface area (Å²) in [6.07, 6.45) is 8.27. The van der Waals surface area contributed by atoms with E-state index in [1.165, 1.54) is 13.2 Å². The molecular weight excluding hydrogens is 863 g/mol. The number of aromatic nitrogens is 4. The average Bonchev–Trinajstić information content (AvgIpc) is 3.74. The second kappa shape index (κ2) is 18.7. The van der Waals surface area contributed by atoms with E-state index in [4.69, 9.17) is 0 Å². The van der Waals surface area contributed by atoms with Gasteiger partial charge in [-0.3, -0.25) is 34.1 Å². The topological polar surface area (TPSA) is 230 Å². The van der Waals surface area contributed by atoms with Crippen LogP contribution in [0.3, 0.4) is 0 Å². The van der Waals surface area contributed by atoms with Gasteiger partial charge >= 0.3 is 10.2 Å². The molecule has 0 aliphatic carbocycles. The molecule has 6 heterocycles. The van der Waals surface area contributed by atoms with Crippen molar-refractivity contribution in [2.75, 3.05) is 74.3 Å². The number of hydrogen-bond acceptors (Lipinski definition) is 13. The fourth-order valence-corrected chi connectivity index (χ4v) is 9.26. The van der Waals surface area contributed by atoms with Crippen LogP contribution in [-0.4, -0.2) is 131 Å². The number of nitrogens with one attached hydrogen (secondary N) is 4. The highest BCUT2D eigenvalue weighted by Gasteiger charge is 2.31. The summed E-state index contributed by atoms with van der Waals surface area (Å²) in [6.45, 7) is 5.39. The first-order valence-corrected chi connectivity index (χ1v) is 22.6. The van der Waals surface area contributed by atoms with Gasteiger partial charge in [0.2, 0.25) is 29.5 Å². The minimum atomic E-state index is -4.16. The van der Waals surface area contributed by atoms with Crippen LogP contribution in [-0.2, 0) is 24.6 Å². The standard InChI is InChI=1S/C44H46F2N12O6S/c1-3-55(2)65(63,64)54-35-7-6-34(45)39(40(35)46)41(61)33-24-49-42-32(33)19-28(21-48-42)29-22-50-44(51-23-29)58-16-14-57(15-17-58)38(60)25-56-12-10-26(11-13-56)31-5-4-30(18-27(31)20-47)52-36-8-9-37(59)53-43(36)62/h4-7,18-19,21-24,26,36,52,54H,3,8-17,25H2,1-2H3,(H,48,49)(H,53,59,62). The normalized spacial score (nSPS) is 17.6. The lowest BCUT2D eigenvalue weighted by atomic mass is 9.86. The Bertz CT molecular complexity index is 2820. The quantitative estimate of drug-likeness (QED) is 0.0976. The lowest BCUT2D eigenvalue weighted by Gasteiger charge is -2.37. The molecule has 0 saturated carbocycles. The first kappa shape index (κ1) is 44.7. The van der Waals surface area contributed by atoms with E-state index in [1.807, 2.05) is 21.9 Å². The lowest BCUT2D eigenvalue weighted by molar-refractivity contribution is -0.134. The van der Waals surface area contributed by atoms with Gasteiger partial charge in [0.15, 0.2) is 5.82 Å². The number of piperidine rings is 2. The number of nitrogens with zero attached hydrogens (tertiary/aromatic N) is 8. The number of anilines is 3. The number of fused-ring (bicyclic) bond motifs is 1. The Morgan fingerprint density at radius 1 is 0.954 bits per heavy atom. The molecule has 3 aliphatic heterocycles. The van der Waals surface area contributed by atoms with Gasteiger partial charge in [0.25, 0.3) is 0 Å². The fraction of sp³-hybridized carbons (Fsp3) is 0.364. The predicted octanol–water partition coefficient (Wildman–Crippen LogP) is 3.75. The highest BCUT2D eigenvalue weighted by atomic mass is 32.2. The number of amides is 3. The molecule has 3 fully saturated rings. The smallest absolute Gasteiger partial charge is 0.301 e. The van der Waals surface area contributed by atoms with E-state index in [-0.39, 0.29) is 53.2 Å². The average molecular weight is 909 g/mol. The molecule has 2 aromatic carbocycles. The molecule has 3 aliphatic rings.